The van der Waals surface area contributed by atoms with Crippen molar-refractivity contribution in [3.63, 3.8) is 0 Å². The molecule has 0 bridgehead atoms. The van der Waals surface area contributed by atoms with E-state index in [0.29, 0.717) is 54.4 Å². The summed E-state index contributed by atoms with van der Waals surface area (Å²) in [7, 11) is 3.60. The maximum absolute atomic E-state index is 12.6. The summed E-state index contributed by atoms with van der Waals surface area (Å²) in [5, 5.41) is 49.3. The number of hydrogen-bond donors (Lipinski definition) is 5. The van der Waals surface area contributed by atoms with E-state index in [1.807, 2.05) is 43.4 Å². The lowest BCUT2D eigenvalue weighted by Gasteiger charge is -2.45. The number of fused-ring (bicyclic) bond motifs is 2. The molecule has 8 rings (SSSR count). The first-order valence-corrected chi connectivity index (χ1v) is 21.4. The normalized spacial score (nSPS) is 23.4. The third-order valence-corrected chi connectivity index (χ3v) is 12.7. The molecule has 5 atom stereocenters. The summed E-state index contributed by atoms with van der Waals surface area (Å²) in [5.41, 5.74) is 5.60. The fourth-order valence-corrected chi connectivity index (χ4v) is 9.78. The van der Waals surface area contributed by atoms with Crippen molar-refractivity contribution >= 4 is 0 Å². The van der Waals surface area contributed by atoms with Gasteiger partial charge in [-0.15, -0.1) is 0 Å². The van der Waals surface area contributed by atoms with Crippen molar-refractivity contribution in [2.75, 3.05) is 27.4 Å². The van der Waals surface area contributed by atoms with E-state index < -0.39 is 30.1 Å². The summed E-state index contributed by atoms with van der Waals surface area (Å²) in [5.74, 6) is 1.91. The molecule has 2 heterocycles. The molecule has 4 aromatic rings. The number of aliphatic hydroxyl groups excluding tert-OH is 2. The van der Waals surface area contributed by atoms with Crippen LogP contribution in [0.15, 0.2) is 66.7 Å². The van der Waals surface area contributed by atoms with Crippen LogP contribution in [-0.4, -0.2) is 66.1 Å². The third-order valence-electron chi connectivity index (χ3n) is 12.7. The predicted octanol–water partition coefficient (Wildman–Crippen LogP) is 8.69. The molecule has 2 fully saturated rings. The molecule has 2 aliphatic carbocycles. The van der Waals surface area contributed by atoms with E-state index in [4.69, 9.17) is 23.7 Å². The highest BCUT2D eigenvalue weighted by molar-refractivity contribution is 5.70. The van der Waals surface area contributed by atoms with E-state index in [-0.39, 0.29) is 30.3 Å². The van der Waals surface area contributed by atoms with Crippen LogP contribution in [0.4, 0.5) is 0 Å². The molecule has 0 saturated heterocycles. The molecule has 0 radical (unpaired) electrons. The molecule has 4 aromatic carbocycles. The van der Waals surface area contributed by atoms with Crippen LogP contribution in [0.3, 0.4) is 0 Å². The second-order valence-electron chi connectivity index (χ2n) is 16.7. The largest absolute Gasteiger partial charge is 0.508 e. The number of phenolic OH excluding ortho intramolecular Hbond substituents is 2. The Morgan fingerprint density at radius 3 is 2.28 bits per heavy atom. The molecule has 10 heteroatoms. The van der Waals surface area contributed by atoms with Gasteiger partial charge in [0.1, 0.15) is 40.6 Å². The number of methoxy groups -OCH3 is 1. The summed E-state index contributed by atoms with van der Waals surface area (Å²) in [6.45, 7) is 1.31. The lowest BCUT2D eigenvalue weighted by Crippen LogP contribution is -2.46. The van der Waals surface area contributed by atoms with E-state index in [1.54, 1.807) is 37.4 Å². The lowest BCUT2D eigenvalue weighted by atomic mass is 9.72. The molecule has 10 nitrogen and oxygen atoms in total. The highest BCUT2D eigenvalue weighted by Gasteiger charge is 2.48. The Kier molecular flexibility index (Phi) is 12.6. The Labute approximate surface area is 342 Å². The minimum Gasteiger partial charge on any atom is -0.508 e. The zero-order valence-corrected chi connectivity index (χ0v) is 33.8. The molecule has 0 amide bonds. The summed E-state index contributed by atoms with van der Waals surface area (Å²) in [6.07, 6.45) is 9.31. The van der Waals surface area contributed by atoms with Crippen molar-refractivity contribution in [2.45, 2.75) is 114 Å². The van der Waals surface area contributed by atoms with Gasteiger partial charge >= 0.3 is 0 Å². The zero-order chi connectivity index (χ0) is 40.2. The number of aromatic hydroxyl groups is 2. The van der Waals surface area contributed by atoms with Crippen molar-refractivity contribution in [3.8, 4) is 45.6 Å². The number of phenols is 2. The Bertz CT molecular complexity index is 2020. The molecule has 0 spiro atoms. The van der Waals surface area contributed by atoms with Gasteiger partial charge < -0.3 is 49.4 Å². The Balaban J connectivity index is 1.16. The van der Waals surface area contributed by atoms with Crippen LogP contribution in [-0.2, 0) is 17.7 Å². The number of aliphatic hydroxyl groups is 2. The first-order chi connectivity index (χ1) is 28.3. The van der Waals surface area contributed by atoms with Crippen molar-refractivity contribution in [1.29, 1.82) is 0 Å². The number of benzene rings is 4. The topological polar surface area (TPSA) is 139 Å². The third kappa shape index (κ3) is 8.76. The van der Waals surface area contributed by atoms with Crippen LogP contribution in [0.2, 0.25) is 0 Å². The molecular formula is C48H59NO9. The Hall–Kier alpha value is -4.48. The van der Waals surface area contributed by atoms with Gasteiger partial charge in [0.2, 0.25) is 0 Å². The smallest absolute Gasteiger partial charge is 0.128 e. The number of hydrogen-bond acceptors (Lipinski definition) is 10. The van der Waals surface area contributed by atoms with Crippen LogP contribution in [0.25, 0.3) is 11.1 Å². The average Bonchev–Trinajstić information content (AvgIpc) is 3.73. The van der Waals surface area contributed by atoms with Crippen LogP contribution >= 0.6 is 0 Å². The van der Waals surface area contributed by atoms with E-state index in [9.17, 15) is 20.4 Å². The van der Waals surface area contributed by atoms with Gasteiger partial charge in [-0.2, -0.15) is 0 Å². The summed E-state index contributed by atoms with van der Waals surface area (Å²) >= 11 is 0. The monoisotopic (exact) mass is 793 g/mol. The molecule has 5 N–H and O–H groups in total. The van der Waals surface area contributed by atoms with E-state index in [2.05, 4.69) is 5.32 Å². The zero-order valence-electron chi connectivity index (χ0n) is 33.8. The highest BCUT2D eigenvalue weighted by atomic mass is 16.5. The Morgan fingerprint density at radius 2 is 1.52 bits per heavy atom. The van der Waals surface area contributed by atoms with E-state index in [0.717, 1.165) is 91.4 Å². The van der Waals surface area contributed by atoms with Crippen molar-refractivity contribution < 1.29 is 44.1 Å². The van der Waals surface area contributed by atoms with Gasteiger partial charge in [-0.25, -0.2) is 0 Å². The van der Waals surface area contributed by atoms with Crippen LogP contribution in [0, 0.1) is 11.8 Å². The lowest BCUT2D eigenvalue weighted by molar-refractivity contribution is -0.0890. The fourth-order valence-electron chi connectivity index (χ4n) is 9.78. The molecule has 310 valence electrons. The summed E-state index contributed by atoms with van der Waals surface area (Å²) in [4.78, 5) is 0. The van der Waals surface area contributed by atoms with Crippen LogP contribution in [0.5, 0.6) is 34.5 Å². The molecule has 58 heavy (non-hydrogen) atoms. The van der Waals surface area contributed by atoms with Crippen molar-refractivity contribution in [2.24, 2.45) is 11.8 Å². The fraction of sp³-hybridized carbons (Fsp3) is 0.500. The number of rotatable bonds is 14. The molecule has 0 aromatic heterocycles. The average molecular weight is 794 g/mol. The van der Waals surface area contributed by atoms with E-state index >= 15 is 0 Å². The molecule has 4 aliphatic rings. The van der Waals surface area contributed by atoms with Gasteiger partial charge in [-0.3, -0.25) is 0 Å². The quantitative estimate of drug-likeness (QED) is 0.0789. The first-order valence-electron chi connectivity index (χ1n) is 21.4. The highest BCUT2D eigenvalue weighted by Crippen LogP contribution is 2.52. The standard InChI is InChI=1S/C48H59NO9/c1-49-27-32-24-44-39(26-43(32)57-36-12-4-3-5-13-36)47(53)45(42(58-44)16-9-19-54-2)41-28-55-48-31(23-37(25-40(48)46(41)52)56-35-14-6-7-15-35)20-30-22-34(51)17-18-38(30)29-10-8-11-33(50)21-29/h8,10-11,17-18,21-26,35-36,41-42,45-47,49-53H,3-7,9,12-16,19-20,27-28H2,1-2H3/t41-,42+,45+,46+,47-/m0/s1. The molecule has 2 aliphatic heterocycles. The Morgan fingerprint density at radius 1 is 0.759 bits per heavy atom. The van der Waals surface area contributed by atoms with Crippen LogP contribution in [0.1, 0.15) is 111 Å². The maximum Gasteiger partial charge on any atom is 0.128 e. The van der Waals surface area contributed by atoms with Gasteiger partial charge in [0.15, 0.2) is 0 Å². The van der Waals surface area contributed by atoms with Crippen LogP contribution < -0.4 is 24.3 Å². The second kappa shape index (κ2) is 18.2. The molecular weight excluding hydrogens is 735 g/mol. The van der Waals surface area contributed by atoms with Crippen molar-refractivity contribution in [3.05, 3.63) is 94.5 Å². The SMILES string of the molecule is CNCc1cc2c(cc1OC1CCCCC1)[C@H](O)[C@H]([C@@H]1COc3c(Cc4cc(O)ccc4-c4cccc(O)c4)cc(OC4CCCC4)cc3[C@H]1O)[C@@H](CCCOC)O2. The second-order valence-corrected chi connectivity index (χ2v) is 16.7. The minimum atomic E-state index is -0.999. The van der Waals surface area contributed by atoms with Crippen molar-refractivity contribution in [1.82, 2.24) is 5.32 Å². The molecule has 2 saturated carbocycles. The van der Waals surface area contributed by atoms with Gasteiger partial charge in [-0.05, 0) is 136 Å². The number of ether oxygens (including phenoxy) is 5. The van der Waals surface area contributed by atoms with Gasteiger partial charge in [0.25, 0.3) is 0 Å². The minimum absolute atomic E-state index is 0.0834. The summed E-state index contributed by atoms with van der Waals surface area (Å²) in [6, 6.07) is 20.2. The number of nitrogens with one attached hydrogen (secondary N) is 1. The predicted molar refractivity (Wildman–Crippen MR) is 222 cm³/mol. The summed E-state index contributed by atoms with van der Waals surface area (Å²) < 4.78 is 32.3. The molecule has 0 unspecified atom stereocenters. The van der Waals surface area contributed by atoms with E-state index in [1.165, 1.54) is 6.42 Å². The van der Waals surface area contributed by atoms with Gasteiger partial charge in [0.05, 0.1) is 31.0 Å². The first kappa shape index (κ1) is 40.3. The maximum atomic E-state index is 12.6. The van der Waals surface area contributed by atoms with Gasteiger partial charge in [-0.1, -0.05) is 24.6 Å². The van der Waals surface area contributed by atoms with Gasteiger partial charge in [0, 0.05) is 60.8 Å².